The number of benzene rings is 2. The molecule has 0 fully saturated rings. The van der Waals surface area contributed by atoms with Crippen molar-refractivity contribution < 1.29 is 14.3 Å². The molecular weight excluding hydrogens is 398 g/mol. The number of urea groups is 1. The predicted octanol–water partition coefficient (Wildman–Crippen LogP) is 3.88. The summed E-state index contributed by atoms with van der Waals surface area (Å²) in [6.45, 7) is 1.84. The molecule has 6 nitrogen and oxygen atoms in total. The topological polar surface area (TPSA) is 71.0 Å². The molecule has 0 saturated carbocycles. The summed E-state index contributed by atoms with van der Waals surface area (Å²) in [5.74, 6) is -0.431. The van der Waals surface area contributed by atoms with Crippen molar-refractivity contribution in [3.8, 4) is 0 Å². The van der Waals surface area contributed by atoms with E-state index in [0.29, 0.717) is 11.4 Å². The zero-order chi connectivity index (χ0) is 18.7. The largest absolute Gasteiger partial charge is 0.468 e. The Kier molecular flexibility index (Phi) is 5.08. The van der Waals surface area contributed by atoms with E-state index in [1.807, 2.05) is 42.5 Å². The SMILES string of the molecule is COC(=O)C1(C)CN(C(=O)Nc2ccc(Br)cc2)N=C1c1ccccc1. The lowest BCUT2D eigenvalue weighted by Crippen LogP contribution is -2.42. The second-order valence-electron chi connectivity index (χ2n) is 6.13. The summed E-state index contributed by atoms with van der Waals surface area (Å²) in [6, 6.07) is 16.1. The van der Waals surface area contributed by atoms with Crippen molar-refractivity contribution in [3.05, 3.63) is 64.6 Å². The number of hydrogen-bond acceptors (Lipinski definition) is 4. The number of nitrogens with one attached hydrogen (secondary N) is 1. The van der Waals surface area contributed by atoms with Crippen LogP contribution < -0.4 is 5.32 Å². The first kappa shape index (κ1) is 18.1. The quantitative estimate of drug-likeness (QED) is 0.773. The molecule has 0 aliphatic carbocycles. The van der Waals surface area contributed by atoms with Crippen LogP contribution in [0.15, 0.2) is 64.2 Å². The molecule has 1 aliphatic heterocycles. The molecule has 0 radical (unpaired) electrons. The first-order valence-electron chi connectivity index (χ1n) is 8.01. The number of rotatable bonds is 3. The molecule has 1 aliphatic rings. The van der Waals surface area contributed by atoms with Gasteiger partial charge >= 0.3 is 12.0 Å². The molecule has 0 saturated heterocycles. The number of amides is 2. The van der Waals surface area contributed by atoms with Crippen molar-refractivity contribution in [1.29, 1.82) is 0 Å². The van der Waals surface area contributed by atoms with Crippen LogP contribution in [0.4, 0.5) is 10.5 Å². The Hall–Kier alpha value is -2.67. The van der Waals surface area contributed by atoms with Crippen LogP contribution in [-0.4, -0.2) is 36.4 Å². The van der Waals surface area contributed by atoms with Gasteiger partial charge in [-0.3, -0.25) is 4.79 Å². The molecule has 1 unspecified atom stereocenters. The van der Waals surface area contributed by atoms with Crippen molar-refractivity contribution in [3.63, 3.8) is 0 Å². The number of carbonyl (C=O) groups excluding carboxylic acids is 2. The molecule has 1 N–H and O–H groups in total. The van der Waals surface area contributed by atoms with Crippen molar-refractivity contribution >= 4 is 39.3 Å². The summed E-state index contributed by atoms with van der Waals surface area (Å²) < 4.78 is 5.88. The standard InChI is InChI=1S/C19H18BrN3O3/c1-19(17(24)26-2)12-23(22-16(19)13-6-4-3-5-7-13)18(25)21-15-10-8-14(20)9-11-15/h3-11H,12H2,1-2H3,(H,21,25). The van der Waals surface area contributed by atoms with Gasteiger partial charge in [-0.25, -0.2) is 9.80 Å². The Morgan fingerprint density at radius 1 is 1.15 bits per heavy atom. The van der Waals surface area contributed by atoms with Crippen molar-refractivity contribution in [2.45, 2.75) is 6.92 Å². The third-order valence-corrected chi connectivity index (χ3v) is 4.75. The maximum absolute atomic E-state index is 12.6. The van der Waals surface area contributed by atoms with Crippen LogP contribution in [0, 0.1) is 5.41 Å². The molecule has 26 heavy (non-hydrogen) atoms. The molecular formula is C19H18BrN3O3. The fourth-order valence-corrected chi connectivity index (χ4v) is 3.10. The maximum Gasteiger partial charge on any atom is 0.342 e. The van der Waals surface area contributed by atoms with E-state index in [0.717, 1.165) is 10.0 Å². The Balaban J connectivity index is 1.89. The van der Waals surface area contributed by atoms with Gasteiger partial charge in [-0.1, -0.05) is 46.3 Å². The van der Waals surface area contributed by atoms with E-state index in [2.05, 4.69) is 26.3 Å². The number of hydrazone groups is 1. The zero-order valence-corrected chi connectivity index (χ0v) is 16.0. The van der Waals surface area contributed by atoms with E-state index in [9.17, 15) is 9.59 Å². The molecule has 134 valence electrons. The van der Waals surface area contributed by atoms with Crippen LogP contribution in [0.1, 0.15) is 12.5 Å². The van der Waals surface area contributed by atoms with Crippen LogP contribution in [0.25, 0.3) is 0 Å². The summed E-state index contributed by atoms with van der Waals surface area (Å²) in [6.07, 6.45) is 0. The maximum atomic E-state index is 12.6. The van der Waals surface area contributed by atoms with E-state index < -0.39 is 17.4 Å². The molecule has 2 aromatic rings. The van der Waals surface area contributed by atoms with Gasteiger partial charge in [0.15, 0.2) is 0 Å². The van der Waals surface area contributed by atoms with Gasteiger partial charge in [0.1, 0.15) is 5.41 Å². The van der Waals surface area contributed by atoms with E-state index in [1.165, 1.54) is 12.1 Å². The highest BCUT2D eigenvalue weighted by Gasteiger charge is 2.48. The van der Waals surface area contributed by atoms with Gasteiger partial charge in [0, 0.05) is 10.2 Å². The molecule has 0 spiro atoms. The third kappa shape index (κ3) is 3.48. The van der Waals surface area contributed by atoms with Crippen LogP contribution in [-0.2, 0) is 9.53 Å². The highest BCUT2D eigenvalue weighted by molar-refractivity contribution is 9.10. The highest BCUT2D eigenvalue weighted by atomic mass is 79.9. The minimum atomic E-state index is -1.03. The van der Waals surface area contributed by atoms with Crippen LogP contribution in [0.3, 0.4) is 0 Å². The van der Waals surface area contributed by atoms with Gasteiger partial charge in [0.2, 0.25) is 0 Å². The summed E-state index contributed by atoms with van der Waals surface area (Å²) in [7, 11) is 1.33. The van der Waals surface area contributed by atoms with E-state index >= 15 is 0 Å². The number of nitrogens with zero attached hydrogens (tertiary/aromatic N) is 2. The fourth-order valence-electron chi connectivity index (χ4n) is 2.84. The fraction of sp³-hybridized carbons (Fsp3) is 0.211. The normalized spacial score (nSPS) is 19.0. The second kappa shape index (κ2) is 7.29. The first-order chi connectivity index (χ1) is 12.4. The van der Waals surface area contributed by atoms with E-state index in [4.69, 9.17) is 4.74 Å². The summed E-state index contributed by atoms with van der Waals surface area (Å²) in [5, 5.41) is 8.47. The van der Waals surface area contributed by atoms with E-state index in [-0.39, 0.29) is 6.54 Å². The van der Waals surface area contributed by atoms with Crippen LogP contribution in [0.2, 0.25) is 0 Å². The summed E-state index contributed by atoms with van der Waals surface area (Å²) in [5.41, 5.74) is 0.893. The number of methoxy groups -OCH3 is 1. The molecule has 1 heterocycles. The summed E-state index contributed by atoms with van der Waals surface area (Å²) in [4.78, 5) is 25.0. The number of anilines is 1. The Labute approximate surface area is 160 Å². The number of carbonyl (C=O) groups is 2. The smallest absolute Gasteiger partial charge is 0.342 e. The number of esters is 1. The van der Waals surface area contributed by atoms with Gasteiger partial charge in [-0.15, -0.1) is 0 Å². The second-order valence-corrected chi connectivity index (χ2v) is 7.05. The minimum absolute atomic E-state index is 0.103. The van der Waals surface area contributed by atoms with E-state index in [1.54, 1.807) is 19.1 Å². The van der Waals surface area contributed by atoms with Crippen molar-refractivity contribution in [1.82, 2.24) is 5.01 Å². The zero-order valence-electron chi connectivity index (χ0n) is 14.4. The molecule has 2 amide bonds. The number of halogens is 1. The number of ether oxygens (including phenoxy) is 1. The average Bonchev–Trinajstić information content (AvgIpc) is 3.02. The molecule has 2 aromatic carbocycles. The third-order valence-electron chi connectivity index (χ3n) is 4.22. The van der Waals surface area contributed by atoms with Gasteiger partial charge < -0.3 is 10.1 Å². The number of hydrogen-bond donors (Lipinski definition) is 1. The van der Waals surface area contributed by atoms with Crippen molar-refractivity contribution in [2.75, 3.05) is 19.0 Å². The summed E-state index contributed by atoms with van der Waals surface area (Å²) >= 11 is 3.35. The molecule has 7 heteroatoms. The molecule has 1 atom stereocenters. The Morgan fingerprint density at radius 2 is 1.81 bits per heavy atom. The Bertz CT molecular complexity index is 852. The lowest BCUT2D eigenvalue weighted by molar-refractivity contribution is -0.147. The lowest BCUT2D eigenvalue weighted by atomic mass is 9.82. The molecule has 0 aromatic heterocycles. The highest BCUT2D eigenvalue weighted by Crippen LogP contribution is 2.33. The molecule has 0 bridgehead atoms. The van der Waals surface area contributed by atoms with Gasteiger partial charge in [0.05, 0.1) is 19.4 Å². The Morgan fingerprint density at radius 3 is 2.42 bits per heavy atom. The van der Waals surface area contributed by atoms with Crippen LogP contribution >= 0.6 is 15.9 Å². The van der Waals surface area contributed by atoms with Gasteiger partial charge in [-0.2, -0.15) is 5.10 Å². The average molecular weight is 416 g/mol. The first-order valence-corrected chi connectivity index (χ1v) is 8.80. The van der Waals surface area contributed by atoms with Gasteiger partial charge in [0.25, 0.3) is 0 Å². The van der Waals surface area contributed by atoms with Crippen molar-refractivity contribution in [2.24, 2.45) is 10.5 Å². The molecule has 3 rings (SSSR count). The van der Waals surface area contributed by atoms with Crippen LogP contribution in [0.5, 0.6) is 0 Å². The monoisotopic (exact) mass is 415 g/mol. The lowest BCUT2D eigenvalue weighted by Gasteiger charge is -2.23. The minimum Gasteiger partial charge on any atom is -0.468 e. The predicted molar refractivity (Wildman–Crippen MR) is 103 cm³/mol. The van der Waals surface area contributed by atoms with Gasteiger partial charge in [-0.05, 0) is 36.8 Å².